The van der Waals surface area contributed by atoms with Crippen LogP contribution >= 0.6 is 0 Å². The van der Waals surface area contributed by atoms with E-state index < -0.39 is 6.10 Å². The first-order chi connectivity index (χ1) is 19.0. The minimum absolute atomic E-state index is 0.433. The van der Waals surface area contributed by atoms with Gasteiger partial charge in [0.1, 0.15) is 17.1 Å². The third-order valence-corrected chi connectivity index (χ3v) is 7.05. The molecular weight excluding hydrogens is 486 g/mol. The van der Waals surface area contributed by atoms with E-state index in [1.165, 1.54) is 22.3 Å². The van der Waals surface area contributed by atoms with Gasteiger partial charge in [0.2, 0.25) is 0 Å². The molecule has 5 aromatic rings. The molecule has 0 aliphatic heterocycles. The van der Waals surface area contributed by atoms with Crippen molar-refractivity contribution in [1.29, 1.82) is 0 Å². The number of aromatic nitrogens is 7. The molecule has 3 aromatic heterocycles. The summed E-state index contributed by atoms with van der Waals surface area (Å²) in [6.45, 7) is 11.5. The number of aromatic amines is 1. The molecule has 3 heterocycles. The fraction of sp³-hybridized carbons (Fsp3) is 0.387. The smallest absolute Gasteiger partial charge is 0.194 e. The van der Waals surface area contributed by atoms with Crippen LogP contribution in [0.25, 0.3) is 11.2 Å². The van der Waals surface area contributed by atoms with E-state index in [1.807, 2.05) is 37.3 Å². The van der Waals surface area contributed by atoms with Crippen LogP contribution in [0.2, 0.25) is 0 Å². The second-order valence-electron chi connectivity index (χ2n) is 10.2. The Kier molecular flexibility index (Phi) is 8.00. The van der Waals surface area contributed by atoms with Gasteiger partial charge >= 0.3 is 0 Å². The Morgan fingerprint density at radius 2 is 1.64 bits per heavy atom. The van der Waals surface area contributed by atoms with E-state index in [2.05, 4.69) is 71.1 Å². The number of rotatable bonds is 11. The molecule has 0 bridgehead atoms. The van der Waals surface area contributed by atoms with Crippen LogP contribution in [0.1, 0.15) is 84.9 Å². The van der Waals surface area contributed by atoms with Crippen molar-refractivity contribution in [3.63, 3.8) is 0 Å². The van der Waals surface area contributed by atoms with E-state index in [9.17, 15) is 0 Å². The molecule has 8 nitrogen and oxygen atoms in total. The van der Waals surface area contributed by atoms with E-state index >= 15 is 0 Å². The molecule has 1 atom stereocenters. The second kappa shape index (κ2) is 11.8. The summed E-state index contributed by atoms with van der Waals surface area (Å²) in [6.07, 6.45) is 4.27. The molecule has 5 rings (SSSR count). The lowest BCUT2D eigenvalue weighted by molar-refractivity contribution is 0.232. The Morgan fingerprint density at radius 1 is 0.923 bits per heavy atom. The molecule has 39 heavy (non-hydrogen) atoms. The number of pyridine rings is 1. The molecule has 202 valence electrons. The summed E-state index contributed by atoms with van der Waals surface area (Å²) < 4.78 is 9.13. The van der Waals surface area contributed by atoms with Crippen LogP contribution in [-0.2, 0) is 25.8 Å². The normalized spacial score (nSPS) is 12.2. The SMILES string of the molecule is CCCc1cc(Cn2c(CC)nc3c(C)cc(C)nc32)cc(CCC)c1OC(c1ccccc1)c1nnn[nH]1. The number of H-pyrrole nitrogens is 1. The van der Waals surface area contributed by atoms with E-state index in [-0.39, 0.29) is 0 Å². The molecule has 0 aliphatic carbocycles. The molecule has 0 saturated heterocycles. The van der Waals surface area contributed by atoms with Gasteiger partial charge in [0.05, 0.1) is 6.54 Å². The third-order valence-electron chi connectivity index (χ3n) is 7.05. The highest BCUT2D eigenvalue weighted by Gasteiger charge is 2.24. The minimum Gasteiger partial charge on any atom is -0.477 e. The van der Waals surface area contributed by atoms with E-state index in [1.54, 1.807) is 0 Å². The summed E-state index contributed by atoms with van der Waals surface area (Å²) in [5, 5.41) is 14.8. The first kappa shape index (κ1) is 26.5. The van der Waals surface area contributed by atoms with Crippen LogP contribution in [0.5, 0.6) is 5.75 Å². The van der Waals surface area contributed by atoms with Crippen LogP contribution < -0.4 is 4.74 Å². The number of aryl methyl sites for hydroxylation is 5. The Morgan fingerprint density at radius 3 is 2.26 bits per heavy atom. The van der Waals surface area contributed by atoms with Crippen molar-refractivity contribution < 1.29 is 4.74 Å². The molecule has 0 fully saturated rings. The quantitative estimate of drug-likeness (QED) is 0.220. The van der Waals surface area contributed by atoms with Crippen LogP contribution in [0.4, 0.5) is 0 Å². The first-order valence-electron chi connectivity index (χ1n) is 14.0. The average molecular weight is 524 g/mol. The molecule has 1 N–H and O–H groups in total. The summed E-state index contributed by atoms with van der Waals surface area (Å²) in [5.41, 5.74) is 8.78. The van der Waals surface area contributed by atoms with Crippen LogP contribution in [0, 0.1) is 13.8 Å². The van der Waals surface area contributed by atoms with E-state index in [0.29, 0.717) is 5.82 Å². The Hall–Kier alpha value is -4.07. The van der Waals surface area contributed by atoms with Gasteiger partial charge in [0.25, 0.3) is 0 Å². The minimum atomic E-state index is -0.433. The molecule has 2 aromatic carbocycles. The van der Waals surface area contributed by atoms with Gasteiger partial charge in [0, 0.05) is 17.7 Å². The standard InChI is InChI=1S/C31H37N7O/c1-6-12-24-17-22(19-38-26(8-3)33-27-20(4)16-21(5)32-31(27)38)18-25(13-7-2)28(24)39-29(30-34-36-37-35-30)23-14-10-9-11-15-23/h9-11,14-18,29H,6-8,12-13,19H2,1-5H3,(H,34,35,36,37). The maximum absolute atomic E-state index is 6.84. The van der Waals surface area contributed by atoms with Crippen molar-refractivity contribution in [3.8, 4) is 5.75 Å². The number of nitrogens with zero attached hydrogens (tertiary/aromatic N) is 6. The van der Waals surface area contributed by atoms with Crippen molar-refractivity contribution in [3.05, 3.63) is 93.7 Å². The zero-order chi connectivity index (χ0) is 27.4. The molecule has 0 radical (unpaired) electrons. The largest absolute Gasteiger partial charge is 0.477 e. The fourth-order valence-electron chi connectivity index (χ4n) is 5.35. The first-order valence-corrected chi connectivity index (χ1v) is 14.0. The van der Waals surface area contributed by atoms with Crippen molar-refractivity contribution in [1.82, 2.24) is 35.2 Å². The number of benzene rings is 2. The van der Waals surface area contributed by atoms with E-state index in [4.69, 9.17) is 14.7 Å². The van der Waals surface area contributed by atoms with Gasteiger partial charge < -0.3 is 9.30 Å². The van der Waals surface area contributed by atoms with Gasteiger partial charge in [0.15, 0.2) is 17.6 Å². The molecule has 0 spiro atoms. The summed E-state index contributed by atoms with van der Waals surface area (Å²) in [4.78, 5) is 9.85. The number of nitrogens with one attached hydrogen (secondary N) is 1. The van der Waals surface area contributed by atoms with Gasteiger partial charge in [-0.1, -0.05) is 76.1 Å². The number of hydrogen-bond acceptors (Lipinski definition) is 6. The summed E-state index contributed by atoms with van der Waals surface area (Å²) in [7, 11) is 0. The number of imidazole rings is 1. The Balaban J connectivity index is 1.60. The summed E-state index contributed by atoms with van der Waals surface area (Å²) in [6, 6.07) is 16.8. The lowest BCUT2D eigenvalue weighted by Gasteiger charge is -2.23. The predicted octanol–water partition coefficient (Wildman–Crippen LogP) is 6.25. The molecule has 8 heteroatoms. The fourth-order valence-corrected chi connectivity index (χ4v) is 5.35. The van der Waals surface area contributed by atoms with Crippen LogP contribution in [0.15, 0.2) is 48.5 Å². The topological polar surface area (TPSA) is 94.4 Å². The highest BCUT2D eigenvalue weighted by molar-refractivity contribution is 5.76. The molecule has 0 saturated carbocycles. The number of hydrogen-bond donors (Lipinski definition) is 1. The van der Waals surface area contributed by atoms with Crippen molar-refractivity contribution in [2.45, 2.75) is 79.4 Å². The number of ether oxygens (including phenoxy) is 1. The summed E-state index contributed by atoms with van der Waals surface area (Å²) in [5.74, 6) is 2.58. The maximum atomic E-state index is 6.84. The van der Waals surface area contributed by atoms with Crippen LogP contribution in [0.3, 0.4) is 0 Å². The van der Waals surface area contributed by atoms with Gasteiger partial charge in [-0.05, 0) is 65.4 Å². The highest BCUT2D eigenvalue weighted by Crippen LogP contribution is 2.35. The highest BCUT2D eigenvalue weighted by atomic mass is 16.5. The summed E-state index contributed by atoms with van der Waals surface area (Å²) >= 11 is 0. The van der Waals surface area contributed by atoms with Gasteiger partial charge in [-0.3, -0.25) is 0 Å². The molecule has 0 aliphatic rings. The molecular formula is C31H37N7O. The number of tetrazole rings is 1. The predicted molar refractivity (Wildman–Crippen MR) is 153 cm³/mol. The van der Waals surface area contributed by atoms with Gasteiger partial charge in [-0.15, -0.1) is 5.10 Å². The van der Waals surface area contributed by atoms with Gasteiger partial charge in [-0.25, -0.2) is 15.1 Å². The Bertz CT molecular complexity index is 1510. The van der Waals surface area contributed by atoms with Crippen LogP contribution in [-0.4, -0.2) is 35.2 Å². The average Bonchev–Trinajstić information content (AvgIpc) is 3.58. The number of fused-ring (bicyclic) bond motifs is 1. The molecule has 0 amide bonds. The Labute approximate surface area is 229 Å². The monoisotopic (exact) mass is 523 g/mol. The maximum Gasteiger partial charge on any atom is 0.194 e. The molecule has 1 unspecified atom stereocenters. The second-order valence-corrected chi connectivity index (χ2v) is 10.2. The lowest BCUT2D eigenvalue weighted by Crippen LogP contribution is -2.15. The van der Waals surface area contributed by atoms with Gasteiger partial charge in [-0.2, -0.15) is 0 Å². The zero-order valence-corrected chi connectivity index (χ0v) is 23.5. The van der Waals surface area contributed by atoms with E-state index in [0.717, 1.165) is 72.6 Å². The lowest BCUT2D eigenvalue weighted by atomic mass is 9.97. The van der Waals surface area contributed by atoms with Crippen molar-refractivity contribution >= 4 is 11.2 Å². The zero-order valence-electron chi connectivity index (χ0n) is 23.5. The van der Waals surface area contributed by atoms with Crippen molar-refractivity contribution in [2.75, 3.05) is 0 Å². The third kappa shape index (κ3) is 5.55. The van der Waals surface area contributed by atoms with Crippen molar-refractivity contribution in [2.24, 2.45) is 0 Å².